The molecule has 0 amide bonds. The smallest absolute Gasteiger partial charge is 0.331 e. The summed E-state index contributed by atoms with van der Waals surface area (Å²) in [4.78, 5) is 23.9. The maximum atomic E-state index is 13.0. The number of carbonyl (C=O) groups excluding carboxylic acids is 2. The third-order valence-corrected chi connectivity index (χ3v) is 3.31. The fourth-order valence-corrected chi connectivity index (χ4v) is 2.07. The second kappa shape index (κ2) is 8.63. The van der Waals surface area contributed by atoms with Gasteiger partial charge in [-0.3, -0.25) is 4.79 Å². The highest BCUT2D eigenvalue weighted by molar-refractivity contribution is 6.01. The molecule has 0 aliphatic carbocycles. The van der Waals surface area contributed by atoms with Crippen LogP contribution in [0, 0.1) is 5.82 Å². The fourth-order valence-electron chi connectivity index (χ4n) is 2.07. The number of hydrogen-bond acceptors (Lipinski definition) is 5. The Morgan fingerprint density at radius 3 is 2.56 bits per heavy atom. The van der Waals surface area contributed by atoms with Crippen LogP contribution in [-0.2, 0) is 9.53 Å². The Bertz CT molecular complexity index is 798. The van der Waals surface area contributed by atoms with Crippen molar-refractivity contribution < 1.29 is 28.2 Å². The van der Waals surface area contributed by atoms with Crippen LogP contribution in [0.5, 0.6) is 11.5 Å². The molecule has 25 heavy (non-hydrogen) atoms. The Kier molecular flexibility index (Phi) is 6.28. The molecule has 0 spiro atoms. The van der Waals surface area contributed by atoms with Crippen LogP contribution >= 0.6 is 0 Å². The molecule has 0 saturated heterocycles. The van der Waals surface area contributed by atoms with Crippen molar-refractivity contribution in [1.29, 1.82) is 0 Å². The van der Waals surface area contributed by atoms with Crippen molar-refractivity contribution in [2.75, 3.05) is 20.8 Å². The number of ether oxygens (including phenoxy) is 3. The summed E-state index contributed by atoms with van der Waals surface area (Å²) < 4.78 is 28.2. The minimum absolute atomic E-state index is 0.253. The largest absolute Gasteiger partial charge is 0.497 e. The number of halogens is 1. The van der Waals surface area contributed by atoms with Crippen LogP contribution in [0.3, 0.4) is 0 Å². The molecule has 0 bridgehead atoms. The maximum Gasteiger partial charge on any atom is 0.331 e. The van der Waals surface area contributed by atoms with Crippen molar-refractivity contribution in [3.05, 3.63) is 65.5 Å². The SMILES string of the molecule is COc1ccc(OC)c(C(=O)COC(=O)/C=C/c2cccc(F)c2)c1. The van der Waals surface area contributed by atoms with Gasteiger partial charge in [-0.25, -0.2) is 9.18 Å². The maximum absolute atomic E-state index is 13.0. The molecule has 0 unspecified atom stereocenters. The summed E-state index contributed by atoms with van der Waals surface area (Å²) in [7, 11) is 2.92. The van der Waals surface area contributed by atoms with E-state index in [4.69, 9.17) is 14.2 Å². The molecule has 0 radical (unpaired) electrons. The topological polar surface area (TPSA) is 61.8 Å². The third-order valence-electron chi connectivity index (χ3n) is 3.31. The van der Waals surface area contributed by atoms with Crippen LogP contribution < -0.4 is 9.47 Å². The van der Waals surface area contributed by atoms with Gasteiger partial charge >= 0.3 is 5.97 Å². The van der Waals surface area contributed by atoms with E-state index >= 15 is 0 Å². The molecule has 130 valence electrons. The summed E-state index contributed by atoms with van der Waals surface area (Å²) >= 11 is 0. The molecule has 0 atom stereocenters. The van der Waals surface area contributed by atoms with Crippen LogP contribution in [0.25, 0.3) is 6.08 Å². The van der Waals surface area contributed by atoms with Gasteiger partial charge in [0, 0.05) is 6.08 Å². The van der Waals surface area contributed by atoms with Gasteiger partial charge in [0.2, 0.25) is 5.78 Å². The lowest BCUT2D eigenvalue weighted by Crippen LogP contribution is -2.13. The van der Waals surface area contributed by atoms with Gasteiger partial charge in [0.15, 0.2) is 6.61 Å². The first-order valence-corrected chi connectivity index (χ1v) is 7.39. The predicted molar refractivity (Wildman–Crippen MR) is 90.3 cm³/mol. The number of methoxy groups -OCH3 is 2. The highest BCUT2D eigenvalue weighted by atomic mass is 19.1. The number of benzene rings is 2. The van der Waals surface area contributed by atoms with Crippen molar-refractivity contribution in [3.8, 4) is 11.5 Å². The second-order valence-electron chi connectivity index (χ2n) is 4.99. The zero-order chi connectivity index (χ0) is 18.2. The van der Waals surface area contributed by atoms with Crippen LogP contribution in [0.1, 0.15) is 15.9 Å². The predicted octanol–water partition coefficient (Wildman–Crippen LogP) is 3.28. The Balaban J connectivity index is 1.98. The molecule has 6 heteroatoms. The number of ketones is 1. The standard InChI is InChI=1S/C19H17FO5/c1-23-15-7-8-18(24-2)16(11-15)17(21)12-25-19(22)9-6-13-4-3-5-14(20)10-13/h3-11H,12H2,1-2H3/b9-6+. The van der Waals surface area contributed by atoms with Crippen LogP contribution in [0.4, 0.5) is 4.39 Å². The minimum Gasteiger partial charge on any atom is -0.497 e. The summed E-state index contributed by atoms with van der Waals surface area (Å²) in [5.41, 5.74) is 0.765. The summed E-state index contributed by atoms with van der Waals surface area (Å²) in [5, 5.41) is 0. The lowest BCUT2D eigenvalue weighted by molar-refractivity contribution is -0.136. The van der Waals surface area contributed by atoms with Crippen LogP contribution in [0.2, 0.25) is 0 Å². The van der Waals surface area contributed by atoms with E-state index in [1.165, 1.54) is 44.6 Å². The van der Waals surface area contributed by atoms with Gasteiger partial charge in [-0.05, 0) is 42.0 Å². The number of hydrogen-bond donors (Lipinski definition) is 0. The highest BCUT2D eigenvalue weighted by Crippen LogP contribution is 2.24. The molecule has 0 aromatic heterocycles. The van der Waals surface area contributed by atoms with E-state index in [9.17, 15) is 14.0 Å². The van der Waals surface area contributed by atoms with Gasteiger partial charge in [-0.1, -0.05) is 12.1 Å². The lowest BCUT2D eigenvalue weighted by atomic mass is 10.1. The number of carbonyl (C=O) groups is 2. The normalized spacial score (nSPS) is 10.5. The summed E-state index contributed by atoms with van der Waals surface area (Å²) in [5.74, 6) is -0.697. The summed E-state index contributed by atoms with van der Waals surface area (Å²) in [6.45, 7) is -0.449. The molecule has 0 N–H and O–H groups in total. The quantitative estimate of drug-likeness (QED) is 0.438. The van der Waals surface area contributed by atoms with Gasteiger partial charge in [0.05, 0.1) is 19.8 Å². The molecular weight excluding hydrogens is 327 g/mol. The molecule has 0 heterocycles. The first kappa shape index (κ1) is 18.2. The van der Waals surface area contributed by atoms with E-state index in [2.05, 4.69) is 0 Å². The molecule has 2 rings (SSSR count). The van der Waals surface area contributed by atoms with Gasteiger partial charge in [-0.15, -0.1) is 0 Å². The molecule has 0 aliphatic heterocycles. The lowest BCUT2D eigenvalue weighted by Gasteiger charge is -2.09. The van der Waals surface area contributed by atoms with E-state index in [1.807, 2.05) is 0 Å². The summed E-state index contributed by atoms with van der Waals surface area (Å²) in [6.07, 6.45) is 2.53. The first-order chi connectivity index (χ1) is 12.0. The molecule has 2 aromatic carbocycles. The molecular formula is C19H17FO5. The zero-order valence-electron chi connectivity index (χ0n) is 13.8. The van der Waals surface area contributed by atoms with E-state index in [-0.39, 0.29) is 5.56 Å². The fraction of sp³-hybridized carbons (Fsp3) is 0.158. The summed E-state index contributed by atoms with van der Waals surface area (Å²) in [6, 6.07) is 10.5. The molecule has 0 fully saturated rings. The van der Waals surface area contributed by atoms with E-state index in [0.717, 1.165) is 6.08 Å². The Morgan fingerprint density at radius 1 is 1.08 bits per heavy atom. The van der Waals surface area contributed by atoms with Crippen LogP contribution in [0.15, 0.2) is 48.5 Å². The van der Waals surface area contributed by atoms with E-state index in [0.29, 0.717) is 17.1 Å². The average molecular weight is 344 g/mol. The Hall–Kier alpha value is -3.15. The molecule has 5 nitrogen and oxygen atoms in total. The second-order valence-corrected chi connectivity index (χ2v) is 4.99. The highest BCUT2D eigenvalue weighted by Gasteiger charge is 2.15. The van der Waals surface area contributed by atoms with E-state index in [1.54, 1.807) is 18.2 Å². The molecule has 2 aromatic rings. The van der Waals surface area contributed by atoms with Crippen molar-refractivity contribution in [2.24, 2.45) is 0 Å². The monoisotopic (exact) mass is 344 g/mol. The molecule has 0 saturated carbocycles. The van der Waals surface area contributed by atoms with E-state index < -0.39 is 24.2 Å². The third kappa shape index (κ3) is 5.17. The van der Waals surface area contributed by atoms with Gasteiger partial charge in [-0.2, -0.15) is 0 Å². The first-order valence-electron chi connectivity index (χ1n) is 7.39. The van der Waals surface area contributed by atoms with Crippen LogP contribution in [-0.4, -0.2) is 32.6 Å². The Labute approximate surface area is 144 Å². The average Bonchev–Trinajstić information content (AvgIpc) is 2.63. The number of rotatable bonds is 7. The number of esters is 1. The van der Waals surface area contributed by atoms with Crippen molar-refractivity contribution in [2.45, 2.75) is 0 Å². The van der Waals surface area contributed by atoms with Gasteiger partial charge in [0.1, 0.15) is 17.3 Å². The van der Waals surface area contributed by atoms with Gasteiger partial charge in [0.25, 0.3) is 0 Å². The Morgan fingerprint density at radius 2 is 1.88 bits per heavy atom. The minimum atomic E-state index is -0.709. The molecule has 0 aliphatic rings. The zero-order valence-corrected chi connectivity index (χ0v) is 13.8. The van der Waals surface area contributed by atoms with Crippen molar-refractivity contribution in [1.82, 2.24) is 0 Å². The number of Topliss-reactive ketones (excluding diaryl/α,β-unsaturated/α-hetero) is 1. The van der Waals surface area contributed by atoms with Crippen molar-refractivity contribution in [3.63, 3.8) is 0 Å². The van der Waals surface area contributed by atoms with Gasteiger partial charge < -0.3 is 14.2 Å². The van der Waals surface area contributed by atoms with Crippen molar-refractivity contribution >= 4 is 17.8 Å².